The topological polar surface area (TPSA) is 108 Å². The molecule has 4 N–H and O–H groups in total. The van der Waals surface area contributed by atoms with Crippen LogP contribution in [0.1, 0.15) is 6.92 Å². The van der Waals surface area contributed by atoms with Crippen LogP contribution in [0.4, 0.5) is 17.1 Å². The predicted molar refractivity (Wildman–Crippen MR) is 68.8 cm³/mol. The molecule has 0 heterocycles. The molecule has 1 aromatic rings. The number of nitrogens with one attached hydrogen (secondary N) is 2. The third kappa shape index (κ3) is 3.57. The molecule has 100 valence electrons. The zero-order chi connectivity index (χ0) is 13.7. The molecule has 0 saturated carbocycles. The summed E-state index contributed by atoms with van der Waals surface area (Å²) in [5.74, 6) is 0. The summed E-state index contributed by atoms with van der Waals surface area (Å²) >= 11 is 0. The zero-order valence-electron chi connectivity index (χ0n) is 10.3. The standard InChI is InChI=1S/C11H17N3O4/c1-7(15)11(16)6-13-8-3-4-9(12-2)10(5-8)14(17)18/h3-5,7,11-13,15-16H,6H2,1-2H3. The number of aliphatic hydroxyl groups is 2. The number of hydrogen-bond donors (Lipinski definition) is 4. The van der Waals surface area contributed by atoms with Gasteiger partial charge in [0.05, 0.1) is 17.1 Å². The smallest absolute Gasteiger partial charge is 0.294 e. The molecule has 0 aromatic heterocycles. The normalized spacial score (nSPS) is 13.8. The van der Waals surface area contributed by atoms with Gasteiger partial charge in [-0.3, -0.25) is 10.1 Å². The Hall–Kier alpha value is -1.86. The van der Waals surface area contributed by atoms with Crippen LogP contribution in [0.3, 0.4) is 0 Å². The van der Waals surface area contributed by atoms with Crippen LogP contribution in [0.2, 0.25) is 0 Å². The second-order valence-corrected chi connectivity index (χ2v) is 3.93. The van der Waals surface area contributed by atoms with Crippen LogP contribution in [-0.4, -0.2) is 40.9 Å². The Kier molecular flexibility index (Phi) is 4.87. The molecule has 7 heteroatoms. The fraction of sp³-hybridized carbons (Fsp3) is 0.455. The van der Waals surface area contributed by atoms with Crippen LogP contribution in [0.25, 0.3) is 0 Å². The number of rotatable bonds is 6. The first-order valence-electron chi connectivity index (χ1n) is 5.52. The fourth-order valence-electron chi connectivity index (χ4n) is 1.40. The van der Waals surface area contributed by atoms with Crippen molar-refractivity contribution in [3.8, 4) is 0 Å². The molecule has 18 heavy (non-hydrogen) atoms. The van der Waals surface area contributed by atoms with E-state index in [0.717, 1.165) is 0 Å². The van der Waals surface area contributed by atoms with E-state index in [1.54, 1.807) is 19.2 Å². The van der Waals surface area contributed by atoms with E-state index in [-0.39, 0.29) is 12.2 Å². The minimum Gasteiger partial charge on any atom is -0.391 e. The van der Waals surface area contributed by atoms with Crippen molar-refractivity contribution in [2.75, 3.05) is 24.2 Å². The van der Waals surface area contributed by atoms with Gasteiger partial charge in [0.25, 0.3) is 5.69 Å². The largest absolute Gasteiger partial charge is 0.391 e. The zero-order valence-corrected chi connectivity index (χ0v) is 10.3. The summed E-state index contributed by atoms with van der Waals surface area (Å²) in [4.78, 5) is 10.3. The van der Waals surface area contributed by atoms with Crippen molar-refractivity contribution < 1.29 is 15.1 Å². The van der Waals surface area contributed by atoms with E-state index >= 15 is 0 Å². The third-order valence-corrected chi connectivity index (χ3v) is 2.54. The Morgan fingerprint density at radius 3 is 2.61 bits per heavy atom. The maximum absolute atomic E-state index is 10.8. The van der Waals surface area contributed by atoms with Crippen molar-refractivity contribution in [2.45, 2.75) is 19.1 Å². The van der Waals surface area contributed by atoms with Gasteiger partial charge in [-0.2, -0.15) is 0 Å². The number of anilines is 2. The van der Waals surface area contributed by atoms with E-state index in [0.29, 0.717) is 11.4 Å². The summed E-state index contributed by atoms with van der Waals surface area (Å²) in [7, 11) is 1.60. The van der Waals surface area contributed by atoms with Gasteiger partial charge < -0.3 is 20.8 Å². The van der Waals surface area contributed by atoms with E-state index in [1.807, 2.05) is 0 Å². The van der Waals surface area contributed by atoms with Crippen molar-refractivity contribution in [3.63, 3.8) is 0 Å². The SMILES string of the molecule is CNc1ccc(NCC(O)C(C)O)cc1[N+](=O)[O-]. The second-order valence-electron chi connectivity index (χ2n) is 3.93. The minimum absolute atomic E-state index is 0.0472. The molecule has 0 radical (unpaired) electrons. The van der Waals surface area contributed by atoms with Crippen LogP contribution in [0.15, 0.2) is 18.2 Å². The number of nitrogens with zero attached hydrogens (tertiary/aromatic N) is 1. The first kappa shape index (κ1) is 14.2. The molecule has 0 spiro atoms. The van der Waals surface area contributed by atoms with Crippen molar-refractivity contribution in [3.05, 3.63) is 28.3 Å². The van der Waals surface area contributed by atoms with Gasteiger partial charge in [0, 0.05) is 25.3 Å². The summed E-state index contributed by atoms with van der Waals surface area (Å²) in [6.07, 6.45) is -1.78. The second kappa shape index (κ2) is 6.18. The average molecular weight is 255 g/mol. The van der Waals surface area contributed by atoms with Crippen LogP contribution in [0, 0.1) is 10.1 Å². The quantitative estimate of drug-likeness (QED) is 0.442. The Labute approximate surface area is 105 Å². The molecule has 2 atom stereocenters. The van der Waals surface area contributed by atoms with E-state index in [4.69, 9.17) is 5.11 Å². The molecule has 0 aliphatic carbocycles. The summed E-state index contributed by atoms with van der Waals surface area (Å²) in [6, 6.07) is 4.61. The lowest BCUT2D eigenvalue weighted by molar-refractivity contribution is -0.383. The summed E-state index contributed by atoms with van der Waals surface area (Å²) in [6.45, 7) is 1.59. The highest BCUT2D eigenvalue weighted by atomic mass is 16.6. The lowest BCUT2D eigenvalue weighted by Gasteiger charge is -2.15. The Morgan fingerprint density at radius 2 is 2.11 bits per heavy atom. The molecular weight excluding hydrogens is 238 g/mol. The molecule has 0 saturated heterocycles. The molecule has 7 nitrogen and oxygen atoms in total. The van der Waals surface area contributed by atoms with E-state index < -0.39 is 17.1 Å². The van der Waals surface area contributed by atoms with Gasteiger partial charge in [-0.1, -0.05) is 0 Å². The van der Waals surface area contributed by atoms with Crippen molar-refractivity contribution in [2.24, 2.45) is 0 Å². The highest BCUT2D eigenvalue weighted by Crippen LogP contribution is 2.27. The summed E-state index contributed by atoms with van der Waals surface area (Å²) in [5, 5.41) is 34.9. The molecule has 1 rings (SSSR count). The number of nitro groups is 1. The summed E-state index contributed by atoms with van der Waals surface area (Å²) in [5.41, 5.74) is 0.885. The van der Waals surface area contributed by atoms with Gasteiger partial charge in [-0.05, 0) is 19.1 Å². The molecule has 0 aliphatic heterocycles. The molecule has 2 unspecified atom stereocenters. The predicted octanol–water partition coefficient (Wildman–Crippen LogP) is 0.790. The Morgan fingerprint density at radius 1 is 1.44 bits per heavy atom. The van der Waals surface area contributed by atoms with Gasteiger partial charge in [-0.25, -0.2) is 0 Å². The Balaban J connectivity index is 2.79. The molecule has 0 bridgehead atoms. The van der Waals surface area contributed by atoms with Gasteiger partial charge in [0.2, 0.25) is 0 Å². The minimum atomic E-state index is -0.923. The maximum atomic E-state index is 10.8. The molecule has 0 amide bonds. The van der Waals surface area contributed by atoms with Crippen molar-refractivity contribution in [1.29, 1.82) is 0 Å². The van der Waals surface area contributed by atoms with Crippen LogP contribution >= 0.6 is 0 Å². The first-order valence-corrected chi connectivity index (χ1v) is 5.52. The van der Waals surface area contributed by atoms with Crippen LogP contribution < -0.4 is 10.6 Å². The molecule has 0 aliphatic rings. The lowest BCUT2D eigenvalue weighted by atomic mass is 10.2. The van der Waals surface area contributed by atoms with Crippen LogP contribution in [0.5, 0.6) is 0 Å². The fourth-order valence-corrected chi connectivity index (χ4v) is 1.40. The van der Waals surface area contributed by atoms with Gasteiger partial charge in [0.15, 0.2) is 0 Å². The average Bonchev–Trinajstić information content (AvgIpc) is 2.35. The van der Waals surface area contributed by atoms with Gasteiger partial charge >= 0.3 is 0 Å². The van der Waals surface area contributed by atoms with E-state index in [1.165, 1.54) is 13.0 Å². The number of nitro benzene ring substituents is 1. The summed E-state index contributed by atoms with van der Waals surface area (Å²) < 4.78 is 0. The number of benzene rings is 1. The maximum Gasteiger partial charge on any atom is 0.294 e. The molecule has 1 aromatic carbocycles. The van der Waals surface area contributed by atoms with E-state index in [2.05, 4.69) is 10.6 Å². The molecular formula is C11H17N3O4. The van der Waals surface area contributed by atoms with Gasteiger partial charge in [-0.15, -0.1) is 0 Å². The number of aliphatic hydroxyl groups excluding tert-OH is 2. The van der Waals surface area contributed by atoms with Crippen molar-refractivity contribution >= 4 is 17.1 Å². The van der Waals surface area contributed by atoms with Crippen LogP contribution in [-0.2, 0) is 0 Å². The monoisotopic (exact) mass is 255 g/mol. The van der Waals surface area contributed by atoms with Gasteiger partial charge in [0.1, 0.15) is 5.69 Å². The lowest BCUT2D eigenvalue weighted by Crippen LogP contribution is -2.30. The first-order chi connectivity index (χ1) is 8.45. The molecule has 0 fully saturated rings. The highest BCUT2D eigenvalue weighted by molar-refractivity contribution is 5.67. The highest BCUT2D eigenvalue weighted by Gasteiger charge is 2.15. The Bertz CT molecular complexity index is 423. The van der Waals surface area contributed by atoms with E-state index in [9.17, 15) is 15.2 Å². The number of hydrogen-bond acceptors (Lipinski definition) is 6. The third-order valence-electron chi connectivity index (χ3n) is 2.54. The van der Waals surface area contributed by atoms with Crippen molar-refractivity contribution in [1.82, 2.24) is 0 Å².